The largest absolute Gasteiger partial charge is 0.459 e. The summed E-state index contributed by atoms with van der Waals surface area (Å²) in [6.45, 7) is 5.16. The molecule has 0 aliphatic carbocycles. The number of thiocarbonyl (C=S) groups is 1. The molecule has 2 rings (SSSR count). The molecule has 1 aliphatic rings. The number of hydrogen-bond acceptors (Lipinski definition) is 5. The molecule has 0 amide bonds. The highest BCUT2D eigenvalue weighted by Gasteiger charge is 2.34. The lowest BCUT2D eigenvalue weighted by Crippen LogP contribution is -2.45. The third kappa shape index (κ3) is 3.65. The fraction of sp³-hybridized carbons (Fsp3) is 0.333. The summed E-state index contributed by atoms with van der Waals surface area (Å²) >= 11 is 5.12. The van der Waals surface area contributed by atoms with Gasteiger partial charge in [0, 0.05) is 11.8 Å². The minimum absolute atomic E-state index is 0.0858. The smallest absolute Gasteiger partial charge is 0.338 e. The molecule has 0 fully saturated rings. The van der Waals surface area contributed by atoms with Crippen LogP contribution in [0.2, 0.25) is 0 Å². The lowest BCUT2D eigenvalue weighted by Gasteiger charge is -2.30. The predicted molar refractivity (Wildman–Crippen MR) is 88.6 cm³/mol. The van der Waals surface area contributed by atoms with Gasteiger partial charge in [-0.15, -0.1) is 0 Å². The van der Waals surface area contributed by atoms with E-state index >= 15 is 0 Å². The molecule has 0 saturated heterocycles. The third-order valence-corrected chi connectivity index (χ3v) is 3.50. The molecular formula is C15H17N3O4S. The highest BCUT2D eigenvalue weighted by atomic mass is 32.1. The first-order valence-electron chi connectivity index (χ1n) is 7.03. The number of nitro benzene ring substituents is 1. The van der Waals surface area contributed by atoms with Gasteiger partial charge in [0.05, 0.1) is 28.2 Å². The Balaban J connectivity index is 2.54. The van der Waals surface area contributed by atoms with Gasteiger partial charge in [-0.2, -0.15) is 0 Å². The molecule has 0 radical (unpaired) electrons. The topological polar surface area (TPSA) is 93.5 Å². The molecule has 1 heterocycles. The first kappa shape index (κ1) is 16.9. The van der Waals surface area contributed by atoms with Crippen LogP contribution in [0.15, 0.2) is 35.5 Å². The first-order chi connectivity index (χ1) is 10.8. The standard InChI is InChI=1S/C15H17N3O4S/c1-8(2)22-14(19)12-9(3)16-15(23)17-13(12)10-6-4-5-7-11(10)18(20)21/h4-8,13H,1-3H3,(H2,16,17,23)/t13-/m0/s1. The predicted octanol–water partition coefficient (Wildman–Crippen LogP) is 2.34. The van der Waals surface area contributed by atoms with Gasteiger partial charge in [-0.3, -0.25) is 10.1 Å². The van der Waals surface area contributed by atoms with E-state index in [0.717, 1.165) is 0 Å². The van der Waals surface area contributed by atoms with Crippen LogP contribution < -0.4 is 10.6 Å². The van der Waals surface area contributed by atoms with Gasteiger partial charge in [0.1, 0.15) is 0 Å². The Hall–Kier alpha value is -2.48. The van der Waals surface area contributed by atoms with E-state index in [4.69, 9.17) is 17.0 Å². The summed E-state index contributed by atoms with van der Waals surface area (Å²) in [5.74, 6) is -0.539. The minimum atomic E-state index is -0.739. The van der Waals surface area contributed by atoms with Crippen molar-refractivity contribution in [2.24, 2.45) is 0 Å². The molecule has 0 bridgehead atoms. The van der Waals surface area contributed by atoms with E-state index in [1.54, 1.807) is 39.0 Å². The van der Waals surface area contributed by atoms with E-state index in [2.05, 4.69) is 10.6 Å². The van der Waals surface area contributed by atoms with Crippen molar-refractivity contribution in [2.45, 2.75) is 32.9 Å². The number of esters is 1. The van der Waals surface area contributed by atoms with Crippen molar-refractivity contribution in [1.82, 2.24) is 10.6 Å². The van der Waals surface area contributed by atoms with Crippen LogP contribution in [0.4, 0.5) is 5.69 Å². The molecule has 0 saturated carbocycles. The van der Waals surface area contributed by atoms with Crippen LogP contribution in [0.3, 0.4) is 0 Å². The van der Waals surface area contributed by atoms with Crippen LogP contribution >= 0.6 is 12.2 Å². The average Bonchev–Trinajstić information content (AvgIpc) is 2.45. The van der Waals surface area contributed by atoms with Gasteiger partial charge < -0.3 is 15.4 Å². The van der Waals surface area contributed by atoms with Gasteiger partial charge >= 0.3 is 5.97 Å². The average molecular weight is 335 g/mol. The summed E-state index contributed by atoms with van der Waals surface area (Å²) < 4.78 is 5.26. The van der Waals surface area contributed by atoms with Crippen LogP contribution in [0.5, 0.6) is 0 Å². The van der Waals surface area contributed by atoms with Crippen LogP contribution in [0.1, 0.15) is 32.4 Å². The Kier molecular flexibility index (Phi) is 4.95. The van der Waals surface area contributed by atoms with Crippen molar-refractivity contribution in [3.05, 3.63) is 51.2 Å². The van der Waals surface area contributed by atoms with Crippen molar-refractivity contribution in [3.8, 4) is 0 Å². The molecule has 1 aliphatic heterocycles. The van der Waals surface area contributed by atoms with E-state index < -0.39 is 16.9 Å². The van der Waals surface area contributed by atoms with Gasteiger partial charge in [0.25, 0.3) is 5.69 Å². The molecule has 2 N–H and O–H groups in total. The lowest BCUT2D eigenvalue weighted by atomic mass is 9.94. The zero-order valence-electron chi connectivity index (χ0n) is 13.0. The van der Waals surface area contributed by atoms with Gasteiger partial charge in [-0.25, -0.2) is 4.79 Å². The van der Waals surface area contributed by atoms with Gasteiger partial charge in [0.15, 0.2) is 5.11 Å². The zero-order valence-corrected chi connectivity index (χ0v) is 13.8. The summed E-state index contributed by atoms with van der Waals surface area (Å²) in [5.41, 5.74) is 1.07. The van der Waals surface area contributed by atoms with Crippen LogP contribution in [0.25, 0.3) is 0 Å². The molecule has 7 nitrogen and oxygen atoms in total. The number of nitrogens with zero attached hydrogens (tertiary/aromatic N) is 1. The van der Waals surface area contributed by atoms with E-state index in [1.165, 1.54) is 6.07 Å². The molecule has 1 aromatic carbocycles. The van der Waals surface area contributed by atoms with E-state index in [1.807, 2.05) is 0 Å². The molecule has 0 unspecified atom stereocenters. The number of para-hydroxylation sites is 1. The Morgan fingerprint density at radius 1 is 1.39 bits per heavy atom. The van der Waals surface area contributed by atoms with E-state index in [9.17, 15) is 14.9 Å². The second kappa shape index (κ2) is 6.74. The van der Waals surface area contributed by atoms with Crippen molar-refractivity contribution in [2.75, 3.05) is 0 Å². The summed E-state index contributed by atoms with van der Waals surface area (Å²) in [6, 6.07) is 5.50. The quantitative estimate of drug-likeness (QED) is 0.377. The van der Waals surface area contributed by atoms with Gasteiger partial charge in [0.2, 0.25) is 0 Å². The number of nitro groups is 1. The molecule has 8 heteroatoms. The zero-order chi connectivity index (χ0) is 17.1. The highest BCUT2D eigenvalue weighted by molar-refractivity contribution is 7.80. The number of carbonyl (C=O) groups is 1. The van der Waals surface area contributed by atoms with Crippen molar-refractivity contribution >= 4 is 29.0 Å². The number of carbonyl (C=O) groups excluding carboxylic acids is 1. The number of nitrogens with one attached hydrogen (secondary N) is 2. The molecule has 122 valence electrons. The summed E-state index contributed by atoms with van der Waals surface area (Å²) in [4.78, 5) is 23.2. The maximum atomic E-state index is 12.4. The van der Waals surface area contributed by atoms with Crippen molar-refractivity contribution < 1.29 is 14.5 Å². The normalized spacial score (nSPS) is 17.6. The summed E-state index contributed by atoms with van der Waals surface area (Å²) in [7, 11) is 0. The first-order valence-corrected chi connectivity index (χ1v) is 7.44. The Morgan fingerprint density at radius 2 is 2.04 bits per heavy atom. The monoisotopic (exact) mass is 335 g/mol. The molecule has 0 spiro atoms. The highest BCUT2D eigenvalue weighted by Crippen LogP contribution is 2.33. The van der Waals surface area contributed by atoms with Crippen LogP contribution in [-0.4, -0.2) is 22.1 Å². The Labute approximate surface area is 138 Å². The maximum Gasteiger partial charge on any atom is 0.338 e. The number of ether oxygens (including phenoxy) is 1. The Bertz CT molecular complexity index is 700. The fourth-order valence-corrected chi connectivity index (χ4v) is 2.64. The Morgan fingerprint density at radius 3 is 2.65 bits per heavy atom. The minimum Gasteiger partial charge on any atom is -0.459 e. The number of allylic oxidation sites excluding steroid dienone is 1. The number of benzene rings is 1. The second-order valence-corrected chi connectivity index (χ2v) is 5.75. The fourth-order valence-electron chi connectivity index (χ4n) is 2.37. The van der Waals surface area contributed by atoms with Crippen LogP contribution in [0, 0.1) is 10.1 Å². The molecular weight excluding hydrogens is 318 g/mol. The van der Waals surface area contributed by atoms with Crippen molar-refractivity contribution in [1.29, 1.82) is 0 Å². The van der Waals surface area contributed by atoms with Crippen LogP contribution in [-0.2, 0) is 9.53 Å². The number of hydrogen-bond donors (Lipinski definition) is 2. The second-order valence-electron chi connectivity index (χ2n) is 5.34. The molecule has 23 heavy (non-hydrogen) atoms. The molecule has 1 atom stereocenters. The van der Waals surface area contributed by atoms with Gasteiger partial charge in [-0.1, -0.05) is 12.1 Å². The van der Waals surface area contributed by atoms with E-state index in [0.29, 0.717) is 16.4 Å². The molecule has 0 aromatic heterocycles. The third-order valence-electron chi connectivity index (χ3n) is 3.28. The lowest BCUT2D eigenvalue weighted by molar-refractivity contribution is -0.385. The van der Waals surface area contributed by atoms with E-state index in [-0.39, 0.29) is 17.4 Å². The number of rotatable bonds is 4. The van der Waals surface area contributed by atoms with Crippen molar-refractivity contribution in [3.63, 3.8) is 0 Å². The SMILES string of the molecule is CC1=C(C(=O)OC(C)C)[C@H](c2ccccc2[N+](=O)[O-])NC(=S)N1. The molecule has 1 aromatic rings. The maximum absolute atomic E-state index is 12.4. The summed E-state index contributed by atoms with van der Waals surface area (Å²) in [6.07, 6.45) is -0.303. The van der Waals surface area contributed by atoms with Gasteiger partial charge in [-0.05, 0) is 39.1 Å². The summed E-state index contributed by atoms with van der Waals surface area (Å²) in [5, 5.41) is 17.4.